The van der Waals surface area contributed by atoms with Gasteiger partial charge >= 0.3 is 0 Å². The van der Waals surface area contributed by atoms with E-state index < -0.39 is 0 Å². The van der Waals surface area contributed by atoms with Crippen molar-refractivity contribution in [3.63, 3.8) is 0 Å². The Balaban J connectivity index is 1.72. The van der Waals surface area contributed by atoms with E-state index in [1.54, 1.807) is 0 Å². The van der Waals surface area contributed by atoms with Crippen LogP contribution >= 0.6 is 0 Å². The molecule has 1 atom stereocenters. The molecule has 0 spiro atoms. The maximum absolute atomic E-state index is 4.38. The van der Waals surface area contributed by atoms with Crippen molar-refractivity contribution in [3.8, 4) is 11.3 Å². The maximum atomic E-state index is 4.38. The second kappa shape index (κ2) is 5.83. The Hall–Kier alpha value is -1.89. The topological polar surface area (TPSA) is 12.9 Å². The fraction of sp³-hybridized carbons (Fsp3) is 0.278. The average molecular weight is 249 g/mol. The summed E-state index contributed by atoms with van der Waals surface area (Å²) in [5.74, 6) is 0.731. The van der Waals surface area contributed by atoms with Crippen molar-refractivity contribution in [2.24, 2.45) is 5.92 Å². The lowest BCUT2D eigenvalue weighted by Crippen LogP contribution is -2.04. The Kier molecular flexibility index (Phi) is 3.73. The zero-order valence-corrected chi connectivity index (χ0v) is 11.1. The van der Waals surface area contributed by atoms with E-state index in [-0.39, 0.29) is 0 Å². The molecule has 0 aliphatic heterocycles. The SMILES string of the molecule is C1=C[C@@H](Cc2ccc(-c3ccccn3)cc2)CCC1. The van der Waals surface area contributed by atoms with E-state index in [2.05, 4.69) is 47.5 Å². The van der Waals surface area contributed by atoms with Crippen LogP contribution in [0.5, 0.6) is 0 Å². The molecule has 1 nitrogen and oxygen atoms in total. The van der Waals surface area contributed by atoms with Crippen LogP contribution < -0.4 is 0 Å². The van der Waals surface area contributed by atoms with Crippen LogP contribution in [0.15, 0.2) is 60.8 Å². The molecule has 96 valence electrons. The Labute approximate surface area is 115 Å². The van der Waals surface area contributed by atoms with E-state index in [0.717, 1.165) is 11.6 Å². The summed E-state index contributed by atoms with van der Waals surface area (Å²) in [5, 5.41) is 0. The van der Waals surface area contributed by atoms with Crippen LogP contribution in [-0.4, -0.2) is 4.98 Å². The molecular formula is C18H19N. The Morgan fingerprint density at radius 3 is 2.63 bits per heavy atom. The number of aromatic nitrogens is 1. The van der Waals surface area contributed by atoms with Crippen molar-refractivity contribution >= 4 is 0 Å². The average Bonchev–Trinajstić information content (AvgIpc) is 2.50. The van der Waals surface area contributed by atoms with E-state index >= 15 is 0 Å². The molecule has 0 unspecified atom stereocenters. The highest BCUT2D eigenvalue weighted by Crippen LogP contribution is 2.23. The number of nitrogens with zero attached hydrogens (tertiary/aromatic N) is 1. The number of benzene rings is 1. The number of allylic oxidation sites excluding steroid dienone is 2. The van der Waals surface area contributed by atoms with Gasteiger partial charge < -0.3 is 0 Å². The molecule has 0 radical (unpaired) electrons. The second-order valence-electron chi connectivity index (χ2n) is 5.24. The van der Waals surface area contributed by atoms with Crippen LogP contribution in [0.3, 0.4) is 0 Å². The van der Waals surface area contributed by atoms with E-state index in [4.69, 9.17) is 0 Å². The second-order valence-corrected chi connectivity index (χ2v) is 5.24. The maximum Gasteiger partial charge on any atom is 0.0701 e. The minimum absolute atomic E-state index is 0.731. The third-order valence-electron chi connectivity index (χ3n) is 3.77. The van der Waals surface area contributed by atoms with Crippen molar-refractivity contribution in [2.45, 2.75) is 25.7 Å². The number of pyridine rings is 1. The van der Waals surface area contributed by atoms with Gasteiger partial charge in [0.1, 0.15) is 0 Å². The third kappa shape index (κ3) is 3.11. The van der Waals surface area contributed by atoms with E-state index in [1.807, 2.05) is 18.3 Å². The molecule has 1 aliphatic rings. The highest BCUT2D eigenvalue weighted by molar-refractivity contribution is 5.59. The number of rotatable bonds is 3. The Bertz CT molecular complexity index is 540. The van der Waals surface area contributed by atoms with Gasteiger partial charge in [0.15, 0.2) is 0 Å². The zero-order valence-electron chi connectivity index (χ0n) is 11.1. The van der Waals surface area contributed by atoms with Gasteiger partial charge in [0, 0.05) is 11.8 Å². The number of hydrogen-bond acceptors (Lipinski definition) is 1. The summed E-state index contributed by atoms with van der Waals surface area (Å²) in [6.07, 6.45) is 11.7. The fourth-order valence-electron chi connectivity index (χ4n) is 2.70. The van der Waals surface area contributed by atoms with Gasteiger partial charge in [-0.15, -0.1) is 0 Å². The lowest BCUT2D eigenvalue weighted by atomic mass is 9.90. The monoisotopic (exact) mass is 249 g/mol. The van der Waals surface area contributed by atoms with Gasteiger partial charge in [-0.25, -0.2) is 0 Å². The molecule has 19 heavy (non-hydrogen) atoms. The lowest BCUT2D eigenvalue weighted by Gasteiger charge is -2.16. The quantitative estimate of drug-likeness (QED) is 0.722. The van der Waals surface area contributed by atoms with E-state index in [1.165, 1.54) is 36.8 Å². The first-order valence-electron chi connectivity index (χ1n) is 7.09. The van der Waals surface area contributed by atoms with Crippen LogP contribution in [-0.2, 0) is 6.42 Å². The van der Waals surface area contributed by atoms with E-state index in [9.17, 15) is 0 Å². The first-order chi connectivity index (χ1) is 9.42. The van der Waals surface area contributed by atoms with Crippen molar-refractivity contribution in [2.75, 3.05) is 0 Å². The van der Waals surface area contributed by atoms with Crippen molar-refractivity contribution < 1.29 is 0 Å². The number of hydrogen-bond donors (Lipinski definition) is 0. The van der Waals surface area contributed by atoms with Gasteiger partial charge in [-0.2, -0.15) is 0 Å². The molecule has 2 aromatic rings. The van der Waals surface area contributed by atoms with Crippen LogP contribution in [0.1, 0.15) is 24.8 Å². The van der Waals surface area contributed by atoms with E-state index in [0.29, 0.717) is 0 Å². The molecule has 0 saturated heterocycles. The van der Waals surface area contributed by atoms with Crippen LogP contribution in [0.2, 0.25) is 0 Å². The summed E-state index contributed by atoms with van der Waals surface area (Å²) in [7, 11) is 0. The molecule has 0 amide bonds. The smallest absolute Gasteiger partial charge is 0.0701 e. The Morgan fingerprint density at radius 1 is 1.05 bits per heavy atom. The highest BCUT2D eigenvalue weighted by Gasteiger charge is 2.09. The molecule has 1 aliphatic carbocycles. The summed E-state index contributed by atoms with van der Waals surface area (Å²) in [4.78, 5) is 4.38. The molecule has 3 rings (SSSR count). The molecule has 1 aromatic heterocycles. The minimum Gasteiger partial charge on any atom is -0.256 e. The summed E-state index contributed by atoms with van der Waals surface area (Å²) in [5.41, 5.74) is 3.67. The fourth-order valence-corrected chi connectivity index (χ4v) is 2.70. The zero-order chi connectivity index (χ0) is 12.9. The molecule has 1 aromatic carbocycles. The summed E-state index contributed by atoms with van der Waals surface area (Å²) in [6, 6.07) is 14.9. The third-order valence-corrected chi connectivity index (χ3v) is 3.77. The van der Waals surface area contributed by atoms with Crippen molar-refractivity contribution in [1.82, 2.24) is 4.98 Å². The Morgan fingerprint density at radius 2 is 1.95 bits per heavy atom. The van der Waals surface area contributed by atoms with Gasteiger partial charge in [0.25, 0.3) is 0 Å². The molecule has 0 bridgehead atoms. The van der Waals surface area contributed by atoms with Crippen LogP contribution in [0, 0.1) is 5.92 Å². The first kappa shape index (κ1) is 12.2. The van der Waals surface area contributed by atoms with Gasteiger partial charge in [-0.1, -0.05) is 42.5 Å². The van der Waals surface area contributed by atoms with Crippen LogP contribution in [0.4, 0.5) is 0 Å². The van der Waals surface area contributed by atoms with Crippen LogP contribution in [0.25, 0.3) is 11.3 Å². The predicted octanol–water partition coefficient (Wildman–Crippen LogP) is 4.65. The molecule has 1 heterocycles. The van der Waals surface area contributed by atoms with Gasteiger partial charge in [0.05, 0.1) is 5.69 Å². The standard InChI is InChI=1S/C18H19N/c1-2-6-15(7-3-1)14-16-9-11-17(12-10-16)18-8-4-5-13-19-18/h2,4-6,8-13,15H,1,3,7,14H2/t15-/m1/s1. The lowest BCUT2D eigenvalue weighted by molar-refractivity contribution is 0.539. The summed E-state index contributed by atoms with van der Waals surface area (Å²) >= 11 is 0. The molecule has 1 heteroatoms. The largest absolute Gasteiger partial charge is 0.256 e. The molecule has 0 N–H and O–H groups in total. The summed E-state index contributed by atoms with van der Waals surface area (Å²) in [6.45, 7) is 0. The van der Waals surface area contributed by atoms with Gasteiger partial charge in [0.2, 0.25) is 0 Å². The van der Waals surface area contributed by atoms with Gasteiger partial charge in [-0.05, 0) is 49.3 Å². The first-order valence-corrected chi connectivity index (χ1v) is 7.09. The highest BCUT2D eigenvalue weighted by atomic mass is 14.7. The van der Waals surface area contributed by atoms with Gasteiger partial charge in [-0.3, -0.25) is 4.98 Å². The van der Waals surface area contributed by atoms with Crippen molar-refractivity contribution in [3.05, 3.63) is 66.4 Å². The molecule has 0 saturated carbocycles. The predicted molar refractivity (Wildman–Crippen MR) is 79.9 cm³/mol. The molecular weight excluding hydrogens is 230 g/mol. The molecule has 0 fully saturated rings. The minimum atomic E-state index is 0.731. The van der Waals surface area contributed by atoms with Crippen molar-refractivity contribution in [1.29, 1.82) is 0 Å². The summed E-state index contributed by atoms with van der Waals surface area (Å²) < 4.78 is 0. The normalized spacial score (nSPS) is 18.4.